The van der Waals surface area contributed by atoms with E-state index in [1.165, 1.54) is 6.42 Å². The Labute approximate surface area is 78.8 Å². The van der Waals surface area contributed by atoms with Crippen LogP contribution in [0.2, 0.25) is 0 Å². The molecule has 3 nitrogen and oxygen atoms in total. The van der Waals surface area contributed by atoms with Gasteiger partial charge in [-0.3, -0.25) is 4.79 Å². The Morgan fingerprint density at radius 3 is 2.38 bits per heavy atom. The van der Waals surface area contributed by atoms with Crippen LogP contribution in [0, 0.1) is 11.8 Å². The Bertz CT molecular complexity index is 166. The number of hydrogen-bond acceptors (Lipinski definition) is 2. The van der Waals surface area contributed by atoms with Crippen molar-refractivity contribution in [3.63, 3.8) is 0 Å². The van der Waals surface area contributed by atoms with Crippen LogP contribution in [-0.4, -0.2) is 22.8 Å². The molecule has 1 saturated carbocycles. The topological polar surface area (TPSA) is 57.5 Å². The van der Waals surface area contributed by atoms with Crippen LogP contribution < -0.4 is 0 Å². The van der Waals surface area contributed by atoms with Gasteiger partial charge < -0.3 is 10.2 Å². The summed E-state index contributed by atoms with van der Waals surface area (Å²) < 4.78 is 0. The Kier molecular flexibility index (Phi) is 4.22. The molecule has 0 saturated heterocycles. The highest BCUT2D eigenvalue weighted by Gasteiger charge is 2.26. The van der Waals surface area contributed by atoms with E-state index in [-0.39, 0.29) is 13.0 Å². The first-order valence-corrected chi connectivity index (χ1v) is 5.06. The van der Waals surface area contributed by atoms with Gasteiger partial charge in [-0.1, -0.05) is 19.3 Å². The number of aliphatic hydroxyl groups is 1. The molecule has 76 valence electrons. The Hall–Kier alpha value is -0.570. The molecule has 0 aromatic heterocycles. The largest absolute Gasteiger partial charge is 0.481 e. The average molecular weight is 186 g/mol. The highest BCUT2D eigenvalue weighted by Crippen LogP contribution is 2.34. The monoisotopic (exact) mass is 186 g/mol. The van der Waals surface area contributed by atoms with Gasteiger partial charge in [-0.2, -0.15) is 0 Å². The van der Waals surface area contributed by atoms with Gasteiger partial charge >= 0.3 is 5.97 Å². The summed E-state index contributed by atoms with van der Waals surface area (Å²) in [5, 5.41) is 17.5. The quantitative estimate of drug-likeness (QED) is 0.701. The van der Waals surface area contributed by atoms with E-state index < -0.39 is 5.97 Å². The molecule has 0 amide bonds. The number of aliphatic hydroxyl groups excluding tert-OH is 1. The third-order valence-electron chi connectivity index (χ3n) is 3.00. The summed E-state index contributed by atoms with van der Waals surface area (Å²) in [6, 6.07) is 0. The van der Waals surface area contributed by atoms with E-state index in [1.54, 1.807) is 0 Å². The fraction of sp³-hybridized carbons (Fsp3) is 0.900. The second-order valence-corrected chi connectivity index (χ2v) is 3.91. The minimum Gasteiger partial charge on any atom is -0.481 e. The van der Waals surface area contributed by atoms with Crippen LogP contribution in [0.5, 0.6) is 0 Å². The maximum Gasteiger partial charge on any atom is 0.303 e. The number of hydrogen-bond donors (Lipinski definition) is 2. The molecule has 2 N–H and O–H groups in total. The van der Waals surface area contributed by atoms with Gasteiger partial charge in [0.2, 0.25) is 0 Å². The van der Waals surface area contributed by atoms with Crippen LogP contribution in [0.1, 0.15) is 38.5 Å². The molecule has 2 atom stereocenters. The summed E-state index contributed by atoms with van der Waals surface area (Å²) in [4.78, 5) is 10.6. The molecule has 1 aliphatic carbocycles. The average Bonchev–Trinajstić information content (AvgIpc) is 2.08. The molecule has 13 heavy (non-hydrogen) atoms. The Balaban J connectivity index is 2.41. The molecule has 1 fully saturated rings. The third kappa shape index (κ3) is 3.35. The minimum absolute atomic E-state index is 0.195. The SMILES string of the molecule is O=C(O)CC1CCCCC1CCO. The predicted octanol–water partition coefficient (Wildman–Crippen LogP) is 1.65. The predicted molar refractivity (Wildman–Crippen MR) is 49.4 cm³/mol. The molecular weight excluding hydrogens is 168 g/mol. The van der Waals surface area contributed by atoms with Crippen molar-refractivity contribution in [1.82, 2.24) is 0 Å². The maximum atomic E-state index is 10.6. The van der Waals surface area contributed by atoms with Crippen molar-refractivity contribution in [3.05, 3.63) is 0 Å². The molecule has 0 spiro atoms. The highest BCUT2D eigenvalue weighted by atomic mass is 16.4. The summed E-state index contributed by atoms with van der Waals surface area (Å²) in [6.07, 6.45) is 5.53. The minimum atomic E-state index is -0.699. The zero-order valence-electron chi connectivity index (χ0n) is 7.91. The molecule has 0 radical (unpaired) electrons. The van der Waals surface area contributed by atoms with Crippen LogP contribution in [0.4, 0.5) is 0 Å². The molecule has 3 heteroatoms. The van der Waals surface area contributed by atoms with E-state index in [0.29, 0.717) is 11.8 Å². The van der Waals surface area contributed by atoms with E-state index in [1.807, 2.05) is 0 Å². The first-order chi connectivity index (χ1) is 6.24. The lowest BCUT2D eigenvalue weighted by molar-refractivity contribution is -0.138. The lowest BCUT2D eigenvalue weighted by atomic mass is 9.76. The van der Waals surface area contributed by atoms with Gasteiger partial charge in [0.15, 0.2) is 0 Å². The summed E-state index contributed by atoms with van der Waals surface area (Å²) in [5.74, 6) is 0.0445. The van der Waals surface area contributed by atoms with Crippen molar-refractivity contribution < 1.29 is 15.0 Å². The normalized spacial score (nSPS) is 28.7. The second-order valence-electron chi connectivity index (χ2n) is 3.91. The van der Waals surface area contributed by atoms with Crippen molar-refractivity contribution in [2.24, 2.45) is 11.8 Å². The van der Waals surface area contributed by atoms with Crippen LogP contribution >= 0.6 is 0 Å². The smallest absolute Gasteiger partial charge is 0.303 e. The van der Waals surface area contributed by atoms with Crippen LogP contribution in [0.3, 0.4) is 0 Å². The number of rotatable bonds is 4. The number of aliphatic carboxylic acids is 1. The zero-order valence-corrected chi connectivity index (χ0v) is 7.91. The highest BCUT2D eigenvalue weighted by molar-refractivity contribution is 5.67. The first-order valence-electron chi connectivity index (χ1n) is 5.06. The summed E-state index contributed by atoms with van der Waals surface area (Å²) >= 11 is 0. The Morgan fingerprint density at radius 2 is 1.85 bits per heavy atom. The van der Waals surface area contributed by atoms with Gasteiger partial charge in [0.05, 0.1) is 0 Å². The molecule has 0 aromatic rings. The van der Waals surface area contributed by atoms with Crippen LogP contribution in [0.25, 0.3) is 0 Å². The molecule has 1 rings (SSSR count). The Morgan fingerprint density at radius 1 is 1.23 bits per heavy atom. The van der Waals surface area contributed by atoms with Gasteiger partial charge in [0.1, 0.15) is 0 Å². The standard InChI is InChI=1S/C10H18O3/c11-6-5-8-3-1-2-4-9(8)7-10(12)13/h8-9,11H,1-7H2,(H,12,13). The molecule has 2 unspecified atom stereocenters. The molecular formula is C10H18O3. The van der Waals surface area contributed by atoms with Gasteiger partial charge in [-0.05, 0) is 24.7 Å². The van der Waals surface area contributed by atoms with E-state index in [9.17, 15) is 4.79 Å². The van der Waals surface area contributed by atoms with Gasteiger partial charge in [-0.25, -0.2) is 0 Å². The number of carboxylic acid groups (broad SMARTS) is 1. The lowest BCUT2D eigenvalue weighted by Gasteiger charge is -2.29. The van der Waals surface area contributed by atoms with Crippen LogP contribution in [0.15, 0.2) is 0 Å². The molecule has 0 aromatic carbocycles. The lowest BCUT2D eigenvalue weighted by Crippen LogP contribution is -2.23. The fourth-order valence-corrected chi connectivity index (χ4v) is 2.32. The molecule has 0 bridgehead atoms. The first kappa shape index (κ1) is 10.5. The van der Waals surface area contributed by atoms with E-state index in [4.69, 9.17) is 10.2 Å². The maximum absolute atomic E-state index is 10.6. The number of carbonyl (C=O) groups is 1. The third-order valence-corrected chi connectivity index (χ3v) is 3.00. The van der Waals surface area contributed by atoms with Crippen LogP contribution in [-0.2, 0) is 4.79 Å². The van der Waals surface area contributed by atoms with E-state index in [2.05, 4.69) is 0 Å². The van der Waals surface area contributed by atoms with Gasteiger partial charge in [0, 0.05) is 13.0 Å². The van der Waals surface area contributed by atoms with E-state index in [0.717, 1.165) is 25.7 Å². The van der Waals surface area contributed by atoms with Gasteiger partial charge in [0.25, 0.3) is 0 Å². The molecule has 0 aliphatic heterocycles. The second kappa shape index (κ2) is 5.22. The van der Waals surface area contributed by atoms with Crippen molar-refractivity contribution in [2.75, 3.05) is 6.61 Å². The summed E-state index contributed by atoms with van der Waals surface area (Å²) in [7, 11) is 0. The fourth-order valence-electron chi connectivity index (χ4n) is 2.32. The van der Waals surface area contributed by atoms with Crippen molar-refractivity contribution in [2.45, 2.75) is 38.5 Å². The summed E-state index contributed by atoms with van der Waals surface area (Å²) in [5.41, 5.74) is 0. The van der Waals surface area contributed by atoms with Crippen molar-refractivity contribution >= 4 is 5.97 Å². The molecule has 0 heterocycles. The van der Waals surface area contributed by atoms with Crippen molar-refractivity contribution in [3.8, 4) is 0 Å². The summed E-state index contributed by atoms with van der Waals surface area (Å²) in [6.45, 7) is 0.195. The van der Waals surface area contributed by atoms with Gasteiger partial charge in [-0.15, -0.1) is 0 Å². The zero-order chi connectivity index (χ0) is 9.68. The molecule has 1 aliphatic rings. The van der Waals surface area contributed by atoms with Crippen molar-refractivity contribution in [1.29, 1.82) is 0 Å². The van der Waals surface area contributed by atoms with E-state index >= 15 is 0 Å². The number of carboxylic acids is 1.